The molecule has 0 saturated heterocycles. The minimum atomic E-state index is -0.419. The Labute approximate surface area is 143 Å². The lowest BCUT2D eigenvalue weighted by molar-refractivity contribution is -0.384. The number of rotatable bonds is 9. The van der Waals surface area contributed by atoms with Crippen molar-refractivity contribution in [3.63, 3.8) is 0 Å². The molecule has 2 rings (SSSR count). The Kier molecular flexibility index (Phi) is 7.52. The van der Waals surface area contributed by atoms with E-state index in [1.54, 1.807) is 12.1 Å². The molecule has 0 aromatic heterocycles. The van der Waals surface area contributed by atoms with Gasteiger partial charge in [0, 0.05) is 37.3 Å². The van der Waals surface area contributed by atoms with Gasteiger partial charge in [-0.25, -0.2) is 0 Å². The molecule has 0 radical (unpaired) electrons. The maximum atomic E-state index is 11.8. The first-order valence-corrected chi connectivity index (χ1v) is 8.90. The second-order valence-electron chi connectivity index (χ2n) is 6.48. The second kappa shape index (κ2) is 9.90. The molecule has 1 aliphatic carbocycles. The van der Waals surface area contributed by atoms with Crippen molar-refractivity contribution < 1.29 is 9.72 Å². The fourth-order valence-electron chi connectivity index (χ4n) is 3.23. The zero-order chi connectivity index (χ0) is 17.2. The summed E-state index contributed by atoms with van der Waals surface area (Å²) >= 11 is 0. The number of carbonyl (C=O) groups excluding carboxylic acids is 1. The van der Waals surface area contributed by atoms with Gasteiger partial charge in [-0.2, -0.15) is 0 Å². The Hall–Kier alpha value is -2.11. The molecule has 24 heavy (non-hydrogen) atoms. The zero-order valence-corrected chi connectivity index (χ0v) is 14.1. The summed E-state index contributed by atoms with van der Waals surface area (Å²) in [5.74, 6) is 0.937. The van der Waals surface area contributed by atoms with Crippen LogP contribution in [0.4, 0.5) is 11.4 Å². The number of carbonyl (C=O) groups is 1. The molecule has 6 heteroatoms. The zero-order valence-electron chi connectivity index (χ0n) is 14.1. The summed E-state index contributed by atoms with van der Waals surface area (Å²) in [6.07, 6.45) is 9.51. The van der Waals surface area contributed by atoms with Crippen LogP contribution in [0.2, 0.25) is 0 Å². The van der Waals surface area contributed by atoms with Crippen LogP contribution in [0.3, 0.4) is 0 Å². The van der Waals surface area contributed by atoms with Gasteiger partial charge in [0.05, 0.1) is 4.92 Å². The van der Waals surface area contributed by atoms with Crippen LogP contribution in [0.5, 0.6) is 0 Å². The summed E-state index contributed by atoms with van der Waals surface area (Å²) in [6.45, 7) is 1.16. The first-order chi connectivity index (χ1) is 11.6. The highest BCUT2D eigenvalue weighted by Crippen LogP contribution is 2.27. The molecule has 1 aliphatic rings. The standard InChI is InChI=1S/C18H27N3O3/c22-18(8-4-7-15-5-2-1-3-6-15)20-14-13-19-16-9-11-17(12-10-16)21(23)24/h9-12,15,19H,1-8,13-14H2,(H,20,22). The van der Waals surface area contributed by atoms with Gasteiger partial charge in [-0.05, 0) is 30.9 Å². The van der Waals surface area contributed by atoms with Crippen molar-refractivity contribution in [2.24, 2.45) is 5.92 Å². The van der Waals surface area contributed by atoms with Gasteiger partial charge in [-0.3, -0.25) is 14.9 Å². The highest BCUT2D eigenvalue weighted by atomic mass is 16.6. The molecule has 1 aromatic rings. The third kappa shape index (κ3) is 6.56. The van der Waals surface area contributed by atoms with E-state index < -0.39 is 4.92 Å². The SMILES string of the molecule is O=C(CCCC1CCCCC1)NCCNc1ccc([N+](=O)[O-])cc1. The molecule has 0 unspecified atom stereocenters. The minimum absolute atomic E-state index is 0.0758. The molecule has 1 aromatic carbocycles. The summed E-state index contributed by atoms with van der Waals surface area (Å²) < 4.78 is 0. The molecule has 2 N–H and O–H groups in total. The maximum Gasteiger partial charge on any atom is 0.269 e. The fourth-order valence-corrected chi connectivity index (χ4v) is 3.23. The molecular weight excluding hydrogens is 306 g/mol. The van der Waals surface area contributed by atoms with Gasteiger partial charge in [0.15, 0.2) is 0 Å². The molecule has 0 heterocycles. The molecular formula is C18H27N3O3. The van der Waals surface area contributed by atoms with Crippen molar-refractivity contribution in [2.45, 2.75) is 51.4 Å². The van der Waals surface area contributed by atoms with Crippen LogP contribution >= 0.6 is 0 Å². The maximum absolute atomic E-state index is 11.8. The van der Waals surface area contributed by atoms with E-state index in [2.05, 4.69) is 10.6 Å². The van der Waals surface area contributed by atoms with Gasteiger partial charge in [0.1, 0.15) is 0 Å². The Morgan fingerprint density at radius 1 is 1.12 bits per heavy atom. The van der Waals surface area contributed by atoms with Gasteiger partial charge in [-0.15, -0.1) is 0 Å². The highest BCUT2D eigenvalue weighted by Gasteiger charge is 2.13. The molecule has 1 amide bonds. The second-order valence-corrected chi connectivity index (χ2v) is 6.48. The summed E-state index contributed by atoms with van der Waals surface area (Å²) in [5, 5.41) is 16.6. The van der Waals surface area contributed by atoms with Gasteiger partial charge in [0.2, 0.25) is 5.91 Å². The number of hydrogen-bond acceptors (Lipinski definition) is 4. The van der Waals surface area contributed by atoms with Crippen molar-refractivity contribution in [3.8, 4) is 0 Å². The van der Waals surface area contributed by atoms with Crippen LogP contribution in [-0.4, -0.2) is 23.9 Å². The Morgan fingerprint density at radius 2 is 1.83 bits per heavy atom. The van der Waals surface area contributed by atoms with E-state index in [0.717, 1.165) is 18.0 Å². The van der Waals surface area contributed by atoms with E-state index in [1.165, 1.54) is 50.7 Å². The van der Waals surface area contributed by atoms with Gasteiger partial charge >= 0.3 is 0 Å². The molecule has 1 saturated carbocycles. The lowest BCUT2D eigenvalue weighted by Gasteiger charge is -2.21. The average Bonchev–Trinajstić information content (AvgIpc) is 2.60. The molecule has 1 fully saturated rings. The van der Waals surface area contributed by atoms with Crippen LogP contribution in [0.25, 0.3) is 0 Å². The van der Waals surface area contributed by atoms with Crippen LogP contribution in [0, 0.1) is 16.0 Å². The van der Waals surface area contributed by atoms with E-state index in [0.29, 0.717) is 19.5 Å². The van der Waals surface area contributed by atoms with E-state index in [9.17, 15) is 14.9 Å². The van der Waals surface area contributed by atoms with Crippen molar-refractivity contribution >= 4 is 17.3 Å². The van der Waals surface area contributed by atoms with E-state index in [1.807, 2.05) is 0 Å². The smallest absolute Gasteiger partial charge is 0.269 e. The summed E-state index contributed by atoms with van der Waals surface area (Å²) in [6, 6.07) is 6.27. The largest absolute Gasteiger partial charge is 0.383 e. The molecule has 0 spiro atoms. The van der Waals surface area contributed by atoms with E-state index >= 15 is 0 Å². The van der Waals surface area contributed by atoms with E-state index in [-0.39, 0.29) is 11.6 Å². The number of anilines is 1. The number of hydrogen-bond donors (Lipinski definition) is 2. The van der Waals surface area contributed by atoms with E-state index in [4.69, 9.17) is 0 Å². The summed E-state index contributed by atoms with van der Waals surface area (Å²) in [4.78, 5) is 22.0. The Morgan fingerprint density at radius 3 is 2.50 bits per heavy atom. The predicted molar refractivity (Wildman–Crippen MR) is 95.0 cm³/mol. The van der Waals surface area contributed by atoms with Crippen molar-refractivity contribution in [1.29, 1.82) is 0 Å². The number of nitrogens with one attached hydrogen (secondary N) is 2. The highest BCUT2D eigenvalue weighted by molar-refractivity contribution is 5.75. The number of amides is 1. The fraction of sp³-hybridized carbons (Fsp3) is 0.611. The van der Waals surface area contributed by atoms with Crippen molar-refractivity contribution in [1.82, 2.24) is 5.32 Å². The summed E-state index contributed by atoms with van der Waals surface area (Å²) in [5.41, 5.74) is 0.888. The number of non-ortho nitro benzene ring substituents is 1. The van der Waals surface area contributed by atoms with Gasteiger partial charge < -0.3 is 10.6 Å². The Bertz CT molecular complexity index is 525. The third-order valence-electron chi connectivity index (χ3n) is 4.60. The lowest BCUT2D eigenvalue weighted by Crippen LogP contribution is -2.28. The number of nitro benzene ring substituents is 1. The van der Waals surface area contributed by atoms with Crippen LogP contribution in [-0.2, 0) is 4.79 Å². The number of nitro groups is 1. The third-order valence-corrected chi connectivity index (χ3v) is 4.60. The molecule has 0 aliphatic heterocycles. The topological polar surface area (TPSA) is 84.3 Å². The number of nitrogens with zero attached hydrogens (tertiary/aromatic N) is 1. The van der Waals surface area contributed by atoms with Crippen molar-refractivity contribution in [3.05, 3.63) is 34.4 Å². The molecule has 132 valence electrons. The van der Waals surface area contributed by atoms with Crippen LogP contribution in [0.1, 0.15) is 51.4 Å². The average molecular weight is 333 g/mol. The normalized spacial score (nSPS) is 15.0. The molecule has 6 nitrogen and oxygen atoms in total. The van der Waals surface area contributed by atoms with Gasteiger partial charge in [-0.1, -0.05) is 32.1 Å². The van der Waals surface area contributed by atoms with Crippen molar-refractivity contribution in [2.75, 3.05) is 18.4 Å². The monoisotopic (exact) mass is 333 g/mol. The number of benzene rings is 1. The summed E-state index contributed by atoms with van der Waals surface area (Å²) in [7, 11) is 0. The first-order valence-electron chi connectivity index (χ1n) is 8.90. The quantitative estimate of drug-likeness (QED) is 0.408. The Balaban J connectivity index is 1.53. The first kappa shape index (κ1) is 18.2. The lowest BCUT2D eigenvalue weighted by atomic mass is 9.86. The minimum Gasteiger partial charge on any atom is -0.383 e. The molecule has 0 bridgehead atoms. The van der Waals surface area contributed by atoms with Crippen LogP contribution < -0.4 is 10.6 Å². The van der Waals surface area contributed by atoms with Gasteiger partial charge in [0.25, 0.3) is 5.69 Å². The predicted octanol–water partition coefficient (Wildman–Crippen LogP) is 3.87. The molecule has 0 atom stereocenters. The van der Waals surface area contributed by atoms with Crippen LogP contribution in [0.15, 0.2) is 24.3 Å².